The molecule has 0 spiro atoms. The van der Waals surface area contributed by atoms with E-state index in [1.54, 1.807) is 44.4 Å². The summed E-state index contributed by atoms with van der Waals surface area (Å²) in [4.78, 5) is 19.1. The number of carbonyl (C=O) groups is 1. The highest BCUT2D eigenvalue weighted by Gasteiger charge is 2.37. The highest BCUT2D eigenvalue weighted by Crippen LogP contribution is 2.48. The number of allylic oxidation sites excluding steroid dienone is 1. The highest BCUT2D eigenvalue weighted by molar-refractivity contribution is 8.22. The first-order chi connectivity index (χ1) is 13.9. The van der Waals surface area contributed by atoms with Crippen LogP contribution in [-0.4, -0.2) is 23.1 Å². The van der Waals surface area contributed by atoms with Crippen molar-refractivity contribution in [2.45, 2.75) is 13.0 Å². The molecule has 1 atom stereocenters. The Bertz CT molecular complexity index is 1080. The Morgan fingerprint density at radius 1 is 1.17 bits per heavy atom. The number of hydrogen-bond acceptors (Lipinski definition) is 6. The third-order valence-electron chi connectivity index (χ3n) is 4.74. The number of carbonyl (C=O) groups excluding carboxylic acids is 1. The Kier molecular flexibility index (Phi) is 6.72. The van der Waals surface area contributed by atoms with Crippen LogP contribution in [0.15, 0.2) is 64.9 Å². The average molecular weight is 483 g/mol. The molecule has 9 heteroatoms. The van der Waals surface area contributed by atoms with E-state index in [0.29, 0.717) is 32.2 Å². The lowest BCUT2D eigenvalue weighted by Gasteiger charge is -2.34. The fourth-order valence-electron chi connectivity index (χ4n) is 3.39. The molecule has 0 radical (unpaired) electrons. The maximum Gasteiger partial charge on any atom is 0.173 e. The van der Waals surface area contributed by atoms with Gasteiger partial charge in [0, 0.05) is 27.9 Å². The van der Waals surface area contributed by atoms with Crippen LogP contribution in [0.4, 0.5) is 0 Å². The first kappa shape index (κ1) is 22.6. The van der Waals surface area contributed by atoms with Crippen LogP contribution in [0.5, 0.6) is 5.75 Å². The maximum absolute atomic E-state index is 12.0. The zero-order chi connectivity index (χ0) is 20.7. The van der Waals surface area contributed by atoms with Gasteiger partial charge in [0.15, 0.2) is 5.17 Å². The molecule has 0 saturated carbocycles. The van der Waals surface area contributed by atoms with Crippen molar-refractivity contribution < 1.29 is 14.6 Å². The number of thioether (sulfide) groups is 1. The van der Waals surface area contributed by atoms with Crippen molar-refractivity contribution in [1.82, 2.24) is 4.90 Å². The molecule has 156 valence electrons. The molecule has 0 saturated heterocycles. The third kappa shape index (κ3) is 3.93. The van der Waals surface area contributed by atoms with Gasteiger partial charge in [-0.2, -0.15) is 0 Å². The molecule has 5 nitrogen and oxygen atoms in total. The van der Waals surface area contributed by atoms with E-state index in [1.807, 2.05) is 23.2 Å². The van der Waals surface area contributed by atoms with Crippen LogP contribution in [0, 0.1) is 0 Å². The summed E-state index contributed by atoms with van der Waals surface area (Å²) in [6.07, 6.45) is 1.83. The fraction of sp³-hybridized carbons (Fsp3) is 0.143. The molecular weight excluding hydrogens is 467 g/mol. The second-order valence-corrected chi connectivity index (χ2v) is 8.28. The number of carboxylic acid groups (broad SMARTS) is 1. The minimum atomic E-state index is -1.26. The Balaban J connectivity index is 0.00000256. The van der Waals surface area contributed by atoms with Gasteiger partial charge in [-0.1, -0.05) is 41.4 Å². The van der Waals surface area contributed by atoms with Gasteiger partial charge in [-0.05, 0) is 48.5 Å². The molecule has 1 unspecified atom stereocenters. The van der Waals surface area contributed by atoms with Crippen molar-refractivity contribution in [2.24, 2.45) is 4.99 Å². The van der Waals surface area contributed by atoms with Gasteiger partial charge in [0.1, 0.15) is 5.75 Å². The molecule has 2 aromatic carbocycles. The van der Waals surface area contributed by atoms with E-state index in [-0.39, 0.29) is 18.0 Å². The van der Waals surface area contributed by atoms with E-state index in [1.165, 1.54) is 11.8 Å². The van der Waals surface area contributed by atoms with Crippen LogP contribution in [0.2, 0.25) is 10.0 Å². The molecule has 0 aliphatic carbocycles. The minimum Gasteiger partial charge on any atom is -0.545 e. The summed E-state index contributed by atoms with van der Waals surface area (Å²) < 4.78 is 5.22. The Morgan fingerprint density at radius 2 is 1.80 bits per heavy atom. The molecule has 0 bridgehead atoms. The van der Waals surface area contributed by atoms with Crippen molar-refractivity contribution in [2.75, 3.05) is 7.11 Å². The van der Waals surface area contributed by atoms with Gasteiger partial charge in [0.05, 0.1) is 29.2 Å². The summed E-state index contributed by atoms with van der Waals surface area (Å²) in [6, 6.07) is 12.0. The lowest BCUT2D eigenvalue weighted by atomic mass is 9.95. The first-order valence-corrected chi connectivity index (χ1v) is 10.2. The Labute approximate surface area is 194 Å². The number of methoxy groups -OCH3 is 1. The summed E-state index contributed by atoms with van der Waals surface area (Å²) >= 11 is 14.1. The van der Waals surface area contributed by atoms with Crippen LogP contribution in [0.1, 0.15) is 24.1 Å². The summed E-state index contributed by atoms with van der Waals surface area (Å²) in [5.74, 6) is -0.572. The van der Waals surface area contributed by atoms with Gasteiger partial charge >= 0.3 is 0 Å². The van der Waals surface area contributed by atoms with Crippen molar-refractivity contribution in [3.05, 3.63) is 81.1 Å². The molecule has 0 N–H and O–H groups in total. The first-order valence-electron chi connectivity index (χ1n) is 8.68. The van der Waals surface area contributed by atoms with Crippen molar-refractivity contribution >= 4 is 63.4 Å². The number of benzene rings is 2. The van der Waals surface area contributed by atoms with E-state index < -0.39 is 12.0 Å². The van der Waals surface area contributed by atoms with Crippen LogP contribution >= 0.6 is 47.4 Å². The maximum atomic E-state index is 12.0. The smallest absolute Gasteiger partial charge is 0.173 e. The molecule has 2 aliphatic heterocycles. The number of aliphatic carboxylic acids is 1. The number of aliphatic imine (C=N–C) groups is 1. The van der Waals surface area contributed by atoms with Crippen LogP contribution in [-0.2, 0) is 4.79 Å². The molecule has 2 aromatic rings. The monoisotopic (exact) mass is 481 g/mol. The molecule has 2 heterocycles. The van der Waals surface area contributed by atoms with Gasteiger partial charge < -0.3 is 19.5 Å². The standard InChI is InChI=1S/C21H16Cl2N2O3S.ClH/c1-11-17(20(26)27)19(12-6-8-13(28-2)9-7-12)25-10-16(29-21(25)24-11)18-14(22)4-3-5-15(18)23;/h3-10,19H,1-2H3,(H,26,27);1H/p-1. The molecule has 0 amide bonds. The predicted octanol–water partition coefficient (Wildman–Crippen LogP) is 4.91. The van der Waals surface area contributed by atoms with Crippen molar-refractivity contribution in [3.63, 3.8) is 0 Å². The van der Waals surface area contributed by atoms with Gasteiger partial charge in [0.2, 0.25) is 0 Å². The number of amidine groups is 1. The lowest BCUT2D eigenvalue weighted by Crippen LogP contribution is -2.38. The number of ether oxygens (including phenoxy) is 1. The van der Waals surface area contributed by atoms with Crippen molar-refractivity contribution in [3.8, 4) is 5.75 Å². The predicted molar refractivity (Wildman–Crippen MR) is 122 cm³/mol. The number of rotatable bonds is 4. The normalized spacial score (nSPS) is 17.7. The van der Waals surface area contributed by atoms with E-state index >= 15 is 0 Å². The third-order valence-corrected chi connectivity index (χ3v) is 6.39. The van der Waals surface area contributed by atoms with Gasteiger partial charge in [-0.3, -0.25) is 0 Å². The van der Waals surface area contributed by atoms with Crippen LogP contribution in [0.3, 0.4) is 0 Å². The minimum absolute atomic E-state index is 0. The molecule has 4 rings (SSSR count). The van der Waals surface area contributed by atoms with Crippen LogP contribution in [0.25, 0.3) is 4.91 Å². The highest BCUT2D eigenvalue weighted by atomic mass is 35.5. The second kappa shape index (κ2) is 8.94. The zero-order valence-corrected chi connectivity index (χ0v) is 19.0. The van der Waals surface area contributed by atoms with E-state index in [2.05, 4.69) is 4.99 Å². The van der Waals surface area contributed by atoms with Crippen LogP contribution < -0.4 is 9.84 Å². The number of hydrogen-bond donors (Lipinski definition) is 0. The molecule has 2 aliphatic rings. The van der Waals surface area contributed by atoms with Gasteiger partial charge in [-0.15, -0.1) is 12.4 Å². The molecular formula is C21H16Cl3N2O3S-. The SMILES string of the molecule is COc1ccc(C2C(C(=O)[O-])=C(C)N=C3SC(c4c(Cl)cccc4Cl)=CN32)cc1.Cl. The molecule has 30 heavy (non-hydrogen) atoms. The van der Waals surface area contributed by atoms with E-state index in [0.717, 1.165) is 10.5 Å². The molecule has 0 fully saturated rings. The lowest BCUT2D eigenvalue weighted by molar-refractivity contribution is -0.300. The Morgan fingerprint density at radius 3 is 2.37 bits per heavy atom. The number of fused-ring (bicyclic) bond motifs is 1. The summed E-state index contributed by atoms with van der Waals surface area (Å²) in [5.41, 5.74) is 1.99. The summed E-state index contributed by atoms with van der Waals surface area (Å²) in [7, 11) is 1.58. The quantitative estimate of drug-likeness (QED) is 0.620. The van der Waals surface area contributed by atoms with Crippen molar-refractivity contribution in [1.29, 1.82) is 0 Å². The Hall–Kier alpha value is -2.12. The largest absolute Gasteiger partial charge is 0.545 e. The number of halogens is 3. The van der Waals surface area contributed by atoms with Gasteiger partial charge in [0.25, 0.3) is 0 Å². The zero-order valence-electron chi connectivity index (χ0n) is 15.9. The van der Waals surface area contributed by atoms with E-state index in [9.17, 15) is 9.90 Å². The number of carboxylic acids is 1. The van der Waals surface area contributed by atoms with E-state index in [4.69, 9.17) is 27.9 Å². The summed E-state index contributed by atoms with van der Waals surface area (Å²) in [5, 5.41) is 13.6. The number of nitrogens with zero attached hydrogens (tertiary/aromatic N) is 2. The van der Waals surface area contributed by atoms with Gasteiger partial charge in [-0.25, -0.2) is 4.99 Å². The summed E-state index contributed by atoms with van der Waals surface area (Å²) in [6.45, 7) is 1.67. The average Bonchev–Trinajstić information content (AvgIpc) is 3.09. The topological polar surface area (TPSA) is 65.0 Å². The second-order valence-electron chi connectivity index (χ2n) is 6.46. The fourth-order valence-corrected chi connectivity index (χ4v) is 5.23. The molecule has 0 aromatic heterocycles.